The molecule has 0 aromatic heterocycles. The number of rotatable bonds is 5. The normalized spacial score (nSPS) is 23.7. The van der Waals surface area contributed by atoms with Gasteiger partial charge in [0.25, 0.3) is 0 Å². The van der Waals surface area contributed by atoms with Gasteiger partial charge in [0.05, 0.1) is 0 Å². The van der Waals surface area contributed by atoms with E-state index < -0.39 is 0 Å². The summed E-state index contributed by atoms with van der Waals surface area (Å²) >= 11 is 3.57. The minimum atomic E-state index is 0.321. The van der Waals surface area contributed by atoms with Crippen LogP contribution < -0.4 is 0 Å². The van der Waals surface area contributed by atoms with Gasteiger partial charge in [-0.2, -0.15) is 0 Å². The molecular formula is C19H25BrO. The summed E-state index contributed by atoms with van der Waals surface area (Å²) in [6.07, 6.45) is 17.4. The number of hydrogen-bond donors (Lipinski definition) is 0. The van der Waals surface area contributed by atoms with Gasteiger partial charge in [0.1, 0.15) is 6.29 Å². The summed E-state index contributed by atoms with van der Waals surface area (Å²) in [5, 5.41) is 0. The number of carbonyl (C=O) groups is 1. The maximum atomic E-state index is 10.3. The van der Waals surface area contributed by atoms with Crippen molar-refractivity contribution in [1.29, 1.82) is 0 Å². The number of halogens is 1. The molecule has 0 aromatic carbocycles. The first-order valence-electron chi connectivity index (χ1n) is 7.37. The molecule has 1 unspecified atom stereocenters. The Bertz CT molecular complexity index is 516. The van der Waals surface area contributed by atoms with Gasteiger partial charge in [0.15, 0.2) is 0 Å². The van der Waals surface area contributed by atoms with E-state index in [0.717, 1.165) is 16.3 Å². The highest BCUT2D eigenvalue weighted by atomic mass is 79.9. The van der Waals surface area contributed by atoms with Crippen LogP contribution in [-0.4, -0.2) is 6.29 Å². The van der Waals surface area contributed by atoms with Crippen molar-refractivity contribution in [3.05, 3.63) is 58.2 Å². The van der Waals surface area contributed by atoms with E-state index in [1.807, 2.05) is 25.2 Å². The summed E-state index contributed by atoms with van der Waals surface area (Å²) in [6.45, 7) is 8.80. The van der Waals surface area contributed by atoms with Gasteiger partial charge in [-0.15, -0.1) is 0 Å². The molecule has 0 radical (unpaired) electrons. The van der Waals surface area contributed by atoms with E-state index in [2.05, 4.69) is 54.9 Å². The quantitative estimate of drug-likeness (QED) is 0.261. The van der Waals surface area contributed by atoms with Crippen molar-refractivity contribution in [2.45, 2.75) is 40.5 Å². The second-order valence-corrected chi connectivity index (χ2v) is 7.19. The lowest BCUT2D eigenvalue weighted by Crippen LogP contribution is -2.26. The van der Waals surface area contributed by atoms with E-state index in [0.29, 0.717) is 11.3 Å². The Balaban J connectivity index is 2.75. The van der Waals surface area contributed by atoms with Crippen LogP contribution in [0.2, 0.25) is 0 Å². The lowest BCUT2D eigenvalue weighted by Gasteiger charge is -2.36. The minimum absolute atomic E-state index is 0.321. The maximum Gasteiger partial charge on any atom is 0.143 e. The number of aldehydes is 1. The molecule has 1 aliphatic carbocycles. The molecular weight excluding hydrogens is 324 g/mol. The van der Waals surface area contributed by atoms with Crippen LogP contribution in [0.5, 0.6) is 0 Å². The average Bonchev–Trinajstić information content (AvgIpc) is 2.37. The van der Waals surface area contributed by atoms with E-state index >= 15 is 0 Å². The highest BCUT2D eigenvalue weighted by Gasteiger charge is 2.30. The first-order valence-corrected chi connectivity index (χ1v) is 8.17. The smallest absolute Gasteiger partial charge is 0.143 e. The molecule has 0 heterocycles. The fourth-order valence-corrected chi connectivity index (χ4v) is 2.99. The summed E-state index contributed by atoms with van der Waals surface area (Å²) in [5.74, 6) is 0.493. The first-order chi connectivity index (χ1) is 9.86. The second-order valence-electron chi connectivity index (χ2n) is 6.27. The molecule has 0 fully saturated rings. The van der Waals surface area contributed by atoms with Crippen molar-refractivity contribution >= 4 is 22.2 Å². The molecule has 0 N–H and O–H groups in total. The van der Waals surface area contributed by atoms with Crippen LogP contribution in [0.3, 0.4) is 0 Å². The van der Waals surface area contributed by atoms with Crippen molar-refractivity contribution in [2.24, 2.45) is 11.3 Å². The third-order valence-corrected chi connectivity index (χ3v) is 4.51. The van der Waals surface area contributed by atoms with Crippen LogP contribution in [0, 0.1) is 11.3 Å². The second kappa shape index (κ2) is 8.33. The monoisotopic (exact) mass is 348 g/mol. The number of hydrogen-bond acceptors (Lipinski definition) is 1. The van der Waals surface area contributed by atoms with Gasteiger partial charge in [0, 0.05) is 10.4 Å². The zero-order valence-corrected chi connectivity index (χ0v) is 15.0. The van der Waals surface area contributed by atoms with Crippen molar-refractivity contribution in [3.63, 3.8) is 0 Å². The highest BCUT2D eigenvalue weighted by molar-refractivity contribution is 9.11. The zero-order valence-electron chi connectivity index (χ0n) is 13.4. The van der Waals surface area contributed by atoms with E-state index in [-0.39, 0.29) is 0 Å². The van der Waals surface area contributed by atoms with Gasteiger partial charge in [-0.1, -0.05) is 65.7 Å². The zero-order chi connectivity index (χ0) is 15.9. The van der Waals surface area contributed by atoms with Crippen LogP contribution in [0.4, 0.5) is 0 Å². The maximum absolute atomic E-state index is 10.3. The fourth-order valence-electron chi connectivity index (χ4n) is 2.68. The van der Waals surface area contributed by atoms with Crippen molar-refractivity contribution in [2.75, 3.05) is 0 Å². The SMILES string of the molecule is CC1=CCCC(C)(C)C1/C=C/C(Br)=C\C=C\C(C)=C\C=O. The molecule has 0 bridgehead atoms. The molecule has 0 spiro atoms. The van der Waals surface area contributed by atoms with E-state index in [1.54, 1.807) is 6.08 Å². The van der Waals surface area contributed by atoms with Crippen LogP contribution in [0.15, 0.2) is 58.2 Å². The van der Waals surface area contributed by atoms with Crippen LogP contribution in [-0.2, 0) is 4.79 Å². The molecule has 0 aliphatic heterocycles. The first kappa shape index (κ1) is 17.9. The van der Waals surface area contributed by atoms with Gasteiger partial charge in [-0.3, -0.25) is 4.79 Å². The summed E-state index contributed by atoms with van der Waals surface area (Å²) < 4.78 is 1.03. The van der Waals surface area contributed by atoms with Crippen molar-refractivity contribution < 1.29 is 4.79 Å². The Hall–Kier alpha value is -1.15. The third-order valence-electron chi connectivity index (χ3n) is 3.98. The molecule has 1 rings (SSSR count). The van der Waals surface area contributed by atoms with Gasteiger partial charge in [-0.25, -0.2) is 0 Å². The predicted molar refractivity (Wildman–Crippen MR) is 95.4 cm³/mol. The lowest BCUT2D eigenvalue weighted by atomic mass is 9.68. The molecule has 1 aliphatic rings. The topological polar surface area (TPSA) is 17.1 Å². The van der Waals surface area contributed by atoms with Gasteiger partial charge in [-0.05, 0) is 49.8 Å². The fraction of sp³-hybridized carbons (Fsp3) is 0.421. The van der Waals surface area contributed by atoms with Gasteiger partial charge >= 0.3 is 0 Å². The van der Waals surface area contributed by atoms with Crippen LogP contribution in [0.25, 0.3) is 0 Å². The summed E-state index contributed by atoms with van der Waals surface area (Å²) in [5.41, 5.74) is 2.72. The molecule has 0 aromatic rings. The van der Waals surface area contributed by atoms with Gasteiger partial charge in [0.2, 0.25) is 0 Å². The highest BCUT2D eigenvalue weighted by Crippen LogP contribution is 2.41. The Kier molecular flexibility index (Phi) is 7.10. The Morgan fingerprint density at radius 3 is 2.67 bits per heavy atom. The number of carbonyl (C=O) groups excluding carboxylic acids is 1. The molecule has 21 heavy (non-hydrogen) atoms. The Morgan fingerprint density at radius 1 is 1.33 bits per heavy atom. The lowest BCUT2D eigenvalue weighted by molar-refractivity contribution is -0.104. The van der Waals surface area contributed by atoms with Crippen molar-refractivity contribution in [1.82, 2.24) is 0 Å². The molecule has 2 heteroatoms. The summed E-state index contributed by atoms with van der Waals surface area (Å²) in [4.78, 5) is 10.3. The van der Waals surface area contributed by atoms with Crippen LogP contribution >= 0.6 is 15.9 Å². The molecule has 0 saturated heterocycles. The summed E-state index contributed by atoms with van der Waals surface area (Å²) in [7, 11) is 0. The Morgan fingerprint density at radius 2 is 2.05 bits per heavy atom. The molecule has 1 nitrogen and oxygen atoms in total. The molecule has 0 saturated carbocycles. The number of allylic oxidation sites excluding steroid dienone is 10. The molecule has 114 valence electrons. The van der Waals surface area contributed by atoms with E-state index in [1.165, 1.54) is 18.4 Å². The van der Waals surface area contributed by atoms with Gasteiger partial charge < -0.3 is 0 Å². The minimum Gasteiger partial charge on any atom is -0.299 e. The van der Waals surface area contributed by atoms with E-state index in [4.69, 9.17) is 0 Å². The standard InChI is InChI=1S/C19H25BrO/c1-15(12-14-21)7-5-9-17(20)10-11-18-16(2)8-6-13-19(18,3)4/h5,7-12,14,18H,6,13H2,1-4H3/b7-5+,11-10+,15-12+,17-9+. The van der Waals surface area contributed by atoms with Crippen LogP contribution in [0.1, 0.15) is 40.5 Å². The summed E-state index contributed by atoms with van der Waals surface area (Å²) in [6, 6.07) is 0. The Labute approximate surface area is 137 Å². The van der Waals surface area contributed by atoms with E-state index in [9.17, 15) is 4.79 Å². The molecule has 1 atom stereocenters. The third kappa shape index (κ3) is 6.01. The average molecular weight is 349 g/mol. The predicted octanol–water partition coefficient (Wildman–Crippen LogP) is 5.91. The largest absolute Gasteiger partial charge is 0.299 e. The van der Waals surface area contributed by atoms with Crippen molar-refractivity contribution in [3.8, 4) is 0 Å². The molecule has 0 amide bonds.